The minimum Gasteiger partial charge on any atom is -0.334 e. The van der Waals surface area contributed by atoms with E-state index in [4.69, 9.17) is 5.73 Å². The largest absolute Gasteiger partial charge is 0.334 e. The lowest BCUT2D eigenvalue weighted by atomic mass is 10.1. The second-order valence-electron chi connectivity index (χ2n) is 3.54. The number of unbranched alkanes of at least 4 members (excludes halogenated alkanes) is 1. The molecule has 0 radical (unpaired) electrons. The van der Waals surface area contributed by atoms with Crippen molar-refractivity contribution in [1.82, 2.24) is 10.2 Å². The van der Waals surface area contributed by atoms with E-state index in [2.05, 4.69) is 12.2 Å². The number of nitrogens with one attached hydrogen (secondary N) is 1. The number of urea groups is 1. The molecule has 0 aromatic rings. The highest BCUT2D eigenvalue weighted by Crippen LogP contribution is 1.99. The Kier molecular flexibility index (Phi) is 7.20. The van der Waals surface area contributed by atoms with Gasteiger partial charge in [0.05, 0.1) is 0 Å². The Morgan fingerprint density at radius 3 is 2.57 bits per heavy atom. The molecule has 2 amide bonds. The van der Waals surface area contributed by atoms with Crippen LogP contribution in [0.5, 0.6) is 0 Å². The van der Waals surface area contributed by atoms with Crippen LogP contribution in [0.25, 0.3) is 0 Å². The van der Waals surface area contributed by atoms with Gasteiger partial charge in [0, 0.05) is 26.2 Å². The van der Waals surface area contributed by atoms with Crippen molar-refractivity contribution in [2.45, 2.75) is 39.2 Å². The zero-order chi connectivity index (χ0) is 11.0. The first-order valence-electron chi connectivity index (χ1n) is 5.37. The maximum absolute atomic E-state index is 11.5. The van der Waals surface area contributed by atoms with E-state index in [0.717, 1.165) is 25.8 Å². The molecule has 0 rings (SSSR count). The number of hydrogen-bond acceptors (Lipinski definition) is 2. The first-order valence-corrected chi connectivity index (χ1v) is 5.37. The van der Waals surface area contributed by atoms with Crippen molar-refractivity contribution in [2.24, 2.45) is 5.73 Å². The van der Waals surface area contributed by atoms with E-state index >= 15 is 0 Å². The van der Waals surface area contributed by atoms with Crippen LogP contribution in [-0.2, 0) is 0 Å². The van der Waals surface area contributed by atoms with Crippen LogP contribution in [0.3, 0.4) is 0 Å². The minimum absolute atomic E-state index is 0.0287. The third-order valence-corrected chi connectivity index (χ3v) is 2.34. The Bertz CT molecular complexity index is 161. The lowest BCUT2D eigenvalue weighted by Gasteiger charge is -2.21. The molecule has 0 aromatic heterocycles. The first-order chi connectivity index (χ1) is 6.65. The van der Waals surface area contributed by atoms with Crippen molar-refractivity contribution in [3.05, 3.63) is 0 Å². The summed E-state index contributed by atoms with van der Waals surface area (Å²) in [5, 5.41) is 2.91. The summed E-state index contributed by atoms with van der Waals surface area (Å²) in [5.74, 6) is 0. The van der Waals surface area contributed by atoms with Gasteiger partial charge in [0.1, 0.15) is 0 Å². The summed E-state index contributed by atoms with van der Waals surface area (Å²) in [5.41, 5.74) is 5.57. The molecule has 0 fully saturated rings. The normalized spacial score (nSPS) is 12.3. The first kappa shape index (κ1) is 13.2. The highest BCUT2D eigenvalue weighted by Gasteiger charge is 2.11. The SMILES string of the molecule is CCCCC(CN)NC(=O)N(C)CC. The molecule has 0 aliphatic heterocycles. The Labute approximate surface area is 86.8 Å². The molecule has 14 heavy (non-hydrogen) atoms. The van der Waals surface area contributed by atoms with Crippen molar-refractivity contribution in [2.75, 3.05) is 20.1 Å². The van der Waals surface area contributed by atoms with Crippen LogP contribution >= 0.6 is 0 Å². The average Bonchev–Trinajstić information content (AvgIpc) is 2.22. The Morgan fingerprint density at radius 1 is 1.50 bits per heavy atom. The van der Waals surface area contributed by atoms with E-state index in [0.29, 0.717) is 6.54 Å². The smallest absolute Gasteiger partial charge is 0.317 e. The Balaban J connectivity index is 3.85. The highest BCUT2D eigenvalue weighted by atomic mass is 16.2. The predicted octanol–water partition coefficient (Wildman–Crippen LogP) is 1.17. The van der Waals surface area contributed by atoms with Gasteiger partial charge < -0.3 is 16.0 Å². The summed E-state index contributed by atoms with van der Waals surface area (Å²) < 4.78 is 0. The van der Waals surface area contributed by atoms with Crippen molar-refractivity contribution in [1.29, 1.82) is 0 Å². The van der Waals surface area contributed by atoms with Crippen LogP contribution in [0.4, 0.5) is 4.79 Å². The number of amides is 2. The van der Waals surface area contributed by atoms with Gasteiger partial charge in [-0.05, 0) is 13.3 Å². The summed E-state index contributed by atoms with van der Waals surface area (Å²) in [4.78, 5) is 13.1. The molecular formula is C10H23N3O. The van der Waals surface area contributed by atoms with Crippen LogP contribution in [0.1, 0.15) is 33.1 Å². The zero-order valence-electron chi connectivity index (χ0n) is 9.55. The van der Waals surface area contributed by atoms with Gasteiger partial charge in [-0.25, -0.2) is 4.79 Å². The lowest BCUT2D eigenvalue weighted by molar-refractivity contribution is 0.206. The molecule has 1 atom stereocenters. The van der Waals surface area contributed by atoms with Crippen molar-refractivity contribution in [3.8, 4) is 0 Å². The quantitative estimate of drug-likeness (QED) is 0.677. The molecule has 84 valence electrons. The molecule has 0 saturated heterocycles. The topological polar surface area (TPSA) is 58.4 Å². The predicted molar refractivity (Wildman–Crippen MR) is 59.2 cm³/mol. The third kappa shape index (κ3) is 5.07. The number of hydrogen-bond donors (Lipinski definition) is 2. The fourth-order valence-corrected chi connectivity index (χ4v) is 1.13. The van der Waals surface area contributed by atoms with E-state index in [9.17, 15) is 4.79 Å². The Hall–Kier alpha value is -0.770. The summed E-state index contributed by atoms with van der Waals surface area (Å²) in [6, 6.07) is 0.0931. The van der Waals surface area contributed by atoms with Gasteiger partial charge in [-0.1, -0.05) is 19.8 Å². The van der Waals surface area contributed by atoms with Gasteiger partial charge in [0.15, 0.2) is 0 Å². The zero-order valence-corrected chi connectivity index (χ0v) is 9.55. The summed E-state index contributed by atoms with van der Waals surface area (Å²) >= 11 is 0. The van der Waals surface area contributed by atoms with Crippen molar-refractivity contribution in [3.63, 3.8) is 0 Å². The monoisotopic (exact) mass is 201 g/mol. The molecule has 4 nitrogen and oxygen atoms in total. The van der Waals surface area contributed by atoms with Gasteiger partial charge in [0.25, 0.3) is 0 Å². The van der Waals surface area contributed by atoms with Crippen LogP contribution in [0.15, 0.2) is 0 Å². The molecule has 1 unspecified atom stereocenters. The van der Waals surface area contributed by atoms with Crippen LogP contribution in [-0.4, -0.2) is 37.1 Å². The van der Waals surface area contributed by atoms with E-state index < -0.39 is 0 Å². The summed E-state index contributed by atoms with van der Waals surface area (Å²) in [7, 11) is 1.78. The molecule has 4 heteroatoms. The molecule has 0 bridgehead atoms. The minimum atomic E-state index is -0.0287. The number of carbonyl (C=O) groups is 1. The maximum Gasteiger partial charge on any atom is 0.317 e. The van der Waals surface area contributed by atoms with E-state index in [1.807, 2.05) is 6.92 Å². The standard InChI is InChI=1S/C10H23N3O/c1-4-6-7-9(8-11)12-10(14)13(3)5-2/h9H,4-8,11H2,1-3H3,(H,12,14). The number of rotatable bonds is 6. The molecule has 0 aromatic carbocycles. The number of nitrogens with zero attached hydrogens (tertiary/aromatic N) is 1. The number of nitrogens with two attached hydrogens (primary N) is 1. The van der Waals surface area contributed by atoms with Gasteiger partial charge >= 0.3 is 6.03 Å². The molecular weight excluding hydrogens is 178 g/mol. The summed E-state index contributed by atoms with van der Waals surface area (Å²) in [6.07, 6.45) is 3.21. The van der Waals surface area contributed by atoms with Gasteiger partial charge in [-0.15, -0.1) is 0 Å². The van der Waals surface area contributed by atoms with Gasteiger partial charge in [0.2, 0.25) is 0 Å². The van der Waals surface area contributed by atoms with Gasteiger partial charge in [-0.2, -0.15) is 0 Å². The van der Waals surface area contributed by atoms with E-state index in [1.165, 1.54) is 0 Å². The summed E-state index contributed by atoms with van der Waals surface area (Å²) in [6.45, 7) is 5.32. The van der Waals surface area contributed by atoms with Crippen LogP contribution < -0.4 is 11.1 Å². The molecule has 0 aliphatic rings. The van der Waals surface area contributed by atoms with Gasteiger partial charge in [-0.3, -0.25) is 0 Å². The van der Waals surface area contributed by atoms with E-state index in [-0.39, 0.29) is 12.1 Å². The fourth-order valence-electron chi connectivity index (χ4n) is 1.13. The molecule has 3 N–H and O–H groups in total. The second-order valence-corrected chi connectivity index (χ2v) is 3.54. The fraction of sp³-hybridized carbons (Fsp3) is 0.900. The number of carbonyl (C=O) groups excluding carboxylic acids is 1. The van der Waals surface area contributed by atoms with Crippen molar-refractivity contribution >= 4 is 6.03 Å². The highest BCUT2D eigenvalue weighted by molar-refractivity contribution is 5.74. The second kappa shape index (κ2) is 7.62. The molecule has 0 aliphatic carbocycles. The molecule has 0 spiro atoms. The Morgan fingerprint density at radius 2 is 2.14 bits per heavy atom. The maximum atomic E-state index is 11.5. The molecule has 0 heterocycles. The molecule has 0 saturated carbocycles. The van der Waals surface area contributed by atoms with Crippen molar-refractivity contribution < 1.29 is 4.79 Å². The van der Waals surface area contributed by atoms with Crippen LogP contribution in [0, 0.1) is 0 Å². The third-order valence-electron chi connectivity index (χ3n) is 2.34. The lowest BCUT2D eigenvalue weighted by Crippen LogP contribution is -2.46. The van der Waals surface area contributed by atoms with E-state index in [1.54, 1.807) is 11.9 Å². The van der Waals surface area contributed by atoms with Crippen LogP contribution in [0.2, 0.25) is 0 Å². The average molecular weight is 201 g/mol.